The lowest BCUT2D eigenvalue weighted by molar-refractivity contribution is -0.123. The van der Waals surface area contributed by atoms with Gasteiger partial charge < -0.3 is 14.5 Å². The van der Waals surface area contributed by atoms with Gasteiger partial charge in [0, 0.05) is 6.54 Å². The Kier molecular flexibility index (Phi) is 8.17. The molecule has 0 saturated carbocycles. The first-order valence-corrected chi connectivity index (χ1v) is 11.6. The van der Waals surface area contributed by atoms with Crippen LogP contribution in [0.25, 0.3) is 0 Å². The van der Waals surface area contributed by atoms with Crippen molar-refractivity contribution in [1.82, 2.24) is 15.4 Å². The first-order chi connectivity index (χ1) is 16.2. The second-order valence-electron chi connectivity index (χ2n) is 7.17. The van der Waals surface area contributed by atoms with E-state index in [4.69, 9.17) is 9.15 Å². The largest absolute Gasteiger partial charge is 0.468 e. The highest BCUT2D eigenvalue weighted by atomic mass is 32.2. The number of aryl methyl sites for hydroxylation is 1. The number of carbonyl (C=O) groups excluding carboxylic acids is 3. The normalized spacial score (nSPS) is 11.0. The molecule has 10 nitrogen and oxygen atoms in total. The van der Waals surface area contributed by atoms with E-state index in [1.807, 2.05) is 30.3 Å². The van der Waals surface area contributed by atoms with Gasteiger partial charge in [-0.15, -0.1) is 0 Å². The van der Waals surface area contributed by atoms with Gasteiger partial charge in [0.15, 0.2) is 6.61 Å². The van der Waals surface area contributed by atoms with Crippen LogP contribution in [0, 0.1) is 6.92 Å². The van der Waals surface area contributed by atoms with Gasteiger partial charge in [-0.1, -0.05) is 36.4 Å². The molecule has 34 heavy (non-hydrogen) atoms. The number of hydrogen-bond acceptors (Lipinski definition) is 7. The lowest BCUT2D eigenvalue weighted by Crippen LogP contribution is -2.41. The van der Waals surface area contributed by atoms with Gasteiger partial charge in [0.25, 0.3) is 5.91 Å². The third-order valence-electron chi connectivity index (χ3n) is 4.64. The number of sulfonamides is 1. The Morgan fingerprint density at radius 1 is 0.971 bits per heavy atom. The van der Waals surface area contributed by atoms with Gasteiger partial charge in [0.05, 0.1) is 23.3 Å². The number of furan rings is 1. The molecule has 178 valence electrons. The summed E-state index contributed by atoms with van der Waals surface area (Å²) in [6, 6.07) is 15.6. The van der Waals surface area contributed by atoms with Crippen molar-refractivity contribution in [1.29, 1.82) is 0 Å². The van der Waals surface area contributed by atoms with Gasteiger partial charge >= 0.3 is 12.0 Å². The predicted octanol–water partition coefficient (Wildman–Crippen LogP) is 2.25. The van der Waals surface area contributed by atoms with E-state index < -0.39 is 34.5 Å². The number of carbonyl (C=O) groups is 3. The maximum absolute atomic E-state index is 12.6. The lowest BCUT2D eigenvalue weighted by Gasteiger charge is -2.11. The monoisotopic (exact) mass is 485 g/mol. The maximum Gasteiger partial charge on any atom is 0.338 e. The zero-order valence-corrected chi connectivity index (χ0v) is 19.1. The fourth-order valence-electron chi connectivity index (χ4n) is 2.84. The number of nitrogens with one attached hydrogen (secondary N) is 3. The van der Waals surface area contributed by atoms with Crippen LogP contribution in [0.3, 0.4) is 0 Å². The smallest absolute Gasteiger partial charge is 0.338 e. The molecule has 0 aliphatic rings. The first-order valence-electron chi connectivity index (χ1n) is 10.2. The number of urea groups is 1. The number of amides is 3. The Morgan fingerprint density at radius 3 is 2.44 bits per heavy atom. The minimum Gasteiger partial charge on any atom is -0.468 e. The van der Waals surface area contributed by atoms with E-state index in [0.717, 1.165) is 11.6 Å². The summed E-state index contributed by atoms with van der Waals surface area (Å²) in [6.07, 6.45) is 1.42. The molecule has 11 heteroatoms. The van der Waals surface area contributed by atoms with Crippen LogP contribution < -0.4 is 15.4 Å². The van der Waals surface area contributed by atoms with Crippen LogP contribution in [-0.2, 0) is 32.6 Å². The van der Waals surface area contributed by atoms with E-state index in [9.17, 15) is 22.8 Å². The molecule has 3 aromatic rings. The summed E-state index contributed by atoms with van der Waals surface area (Å²) in [5, 5.41) is 4.57. The Labute approximate surface area is 196 Å². The Balaban J connectivity index is 1.53. The average molecular weight is 486 g/mol. The van der Waals surface area contributed by atoms with Crippen molar-refractivity contribution in [2.45, 2.75) is 24.9 Å². The molecule has 3 rings (SSSR count). The van der Waals surface area contributed by atoms with Crippen molar-refractivity contribution >= 4 is 27.9 Å². The number of rotatable bonds is 9. The standard InChI is InChI=1S/C23H23N3O7S/c1-16-9-10-19(34(30,31)25-14-18-8-5-11-32-18)12-20(16)22(28)33-15-21(27)26-23(29)24-13-17-6-3-2-4-7-17/h2-12,25H,13-15H2,1H3,(H2,24,26,27,29). The van der Waals surface area contributed by atoms with Crippen LogP contribution >= 0.6 is 0 Å². The van der Waals surface area contributed by atoms with Crippen molar-refractivity contribution in [2.75, 3.05) is 6.61 Å². The van der Waals surface area contributed by atoms with Crippen molar-refractivity contribution in [2.24, 2.45) is 0 Å². The molecular formula is C23H23N3O7S. The highest BCUT2D eigenvalue weighted by Gasteiger charge is 2.20. The molecule has 0 unspecified atom stereocenters. The molecule has 3 N–H and O–H groups in total. The minimum atomic E-state index is -3.94. The van der Waals surface area contributed by atoms with Crippen LogP contribution in [0.15, 0.2) is 76.2 Å². The number of esters is 1. The van der Waals surface area contributed by atoms with Crippen LogP contribution in [0.1, 0.15) is 27.2 Å². The third-order valence-corrected chi connectivity index (χ3v) is 6.04. The Hall–Kier alpha value is -3.96. The summed E-state index contributed by atoms with van der Waals surface area (Å²) in [5.74, 6) is -1.31. The van der Waals surface area contributed by atoms with Gasteiger partial charge in [0.2, 0.25) is 10.0 Å². The van der Waals surface area contributed by atoms with E-state index in [0.29, 0.717) is 11.3 Å². The highest BCUT2D eigenvalue weighted by Crippen LogP contribution is 2.17. The van der Waals surface area contributed by atoms with Crippen LogP contribution in [0.5, 0.6) is 0 Å². The maximum atomic E-state index is 12.6. The molecule has 0 bridgehead atoms. The molecule has 0 aliphatic heterocycles. The van der Waals surface area contributed by atoms with E-state index in [2.05, 4.69) is 15.4 Å². The number of imide groups is 1. The molecule has 0 radical (unpaired) electrons. The molecule has 0 atom stereocenters. The number of benzene rings is 2. The zero-order chi connectivity index (χ0) is 24.6. The molecule has 1 heterocycles. The van der Waals surface area contributed by atoms with Crippen LogP contribution in [-0.4, -0.2) is 32.9 Å². The second kappa shape index (κ2) is 11.3. The van der Waals surface area contributed by atoms with E-state index >= 15 is 0 Å². The summed E-state index contributed by atoms with van der Waals surface area (Å²) in [4.78, 5) is 36.1. The summed E-state index contributed by atoms with van der Waals surface area (Å²) in [5.41, 5.74) is 1.28. The van der Waals surface area contributed by atoms with E-state index in [1.54, 1.807) is 19.1 Å². The highest BCUT2D eigenvalue weighted by molar-refractivity contribution is 7.89. The molecule has 0 saturated heterocycles. The third kappa shape index (κ3) is 7.02. The average Bonchev–Trinajstić information content (AvgIpc) is 3.35. The number of hydrogen-bond donors (Lipinski definition) is 3. The fourth-order valence-corrected chi connectivity index (χ4v) is 3.86. The van der Waals surface area contributed by atoms with Gasteiger partial charge in [-0.05, 0) is 42.3 Å². The van der Waals surface area contributed by atoms with Crippen molar-refractivity contribution in [3.8, 4) is 0 Å². The molecule has 0 aliphatic carbocycles. The lowest BCUT2D eigenvalue weighted by atomic mass is 10.1. The summed E-state index contributed by atoms with van der Waals surface area (Å²) in [7, 11) is -3.94. The van der Waals surface area contributed by atoms with E-state index in [1.165, 1.54) is 18.4 Å². The number of ether oxygens (including phenoxy) is 1. The van der Waals surface area contributed by atoms with Crippen molar-refractivity contribution < 1.29 is 32.0 Å². The van der Waals surface area contributed by atoms with Gasteiger partial charge in [-0.25, -0.2) is 22.7 Å². The Bertz CT molecular complexity index is 1260. The molecular weight excluding hydrogens is 462 g/mol. The molecule has 0 fully saturated rings. The van der Waals surface area contributed by atoms with Crippen LogP contribution in [0.2, 0.25) is 0 Å². The van der Waals surface area contributed by atoms with Gasteiger partial charge in [-0.2, -0.15) is 0 Å². The van der Waals surface area contributed by atoms with Gasteiger partial charge in [-0.3, -0.25) is 10.1 Å². The van der Waals surface area contributed by atoms with Gasteiger partial charge in [0.1, 0.15) is 5.76 Å². The summed E-state index contributed by atoms with van der Waals surface area (Å²) < 4.78 is 37.5. The fraction of sp³-hybridized carbons (Fsp3) is 0.174. The quantitative estimate of drug-likeness (QED) is 0.394. The summed E-state index contributed by atoms with van der Waals surface area (Å²) in [6.45, 7) is 1.04. The molecule has 1 aromatic heterocycles. The molecule has 2 aromatic carbocycles. The molecule has 3 amide bonds. The molecule has 0 spiro atoms. The predicted molar refractivity (Wildman–Crippen MR) is 121 cm³/mol. The van der Waals surface area contributed by atoms with Crippen molar-refractivity contribution in [3.05, 3.63) is 89.4 Å². The second-order valence-corrected chi connectivity index (χ2v) is 8.94. The zero-order valence-electron chi connectivity index (χ0n) is 18.2. The van der Waals surface area contributed by atoms with Crippen molar-refractivity contribution in [3.63, 3.8) is 0 Å². The van der Waals surface area contributed by atoms with E-state index in [-0.39, 0.29) is 23.5 Å². The minimum absolute atomic E-state index is 0.0257. The Morgan fingerprint density at radius 2 is 1.74 bits per heavy atom. The SMILES string of the molecule is Cc1ccc(S(=O)(=O)NCc2ccco2)cc1C(=O)OCC(=O)NC(=O)NCc1ccccc1. The van der Waals surface area contributed by atoms with Crippen LogP contribution in [0.4, 0.5) is 4.79 Å². The first kappa shape index (κ1) is 24.7. The summed E-state index contributed by atoms with van der Waals surface area (Å²) >= 11 is 0. The topological polar surface area (TPSA) is 144 Å².